The normalized spacial score (nSPS) is 21.4. The molecule has 1 aliphatic heterocycles. The number of hydrogen-bond donors (Lipinski definition) is 8. The van der Waals surface area contributed by atoms with Gasteiger partial charge in [0.2, 0.25) is 5.91 Å². The van der Waals surface area contributed by atoms with E-state index in [0.29, 0.717) is 19.3 Å². The Labute approximate surface area is 373 Å². The van der Waals surface area contributed by atoms with Crippen LogP contribution in [0.3, 0.4) is 0 Å². The second-order valence-electron chi connectivity index (χ2n) is 18.6. The molecule has 1 aliphatic rings. The average Bonchev–Trinajstić information content (AvgIpc) is 3.26. The second-order valence-corrected chi connectivity index (χ2v) is 18.6. The highest BCUT2D eigenvalue weighted by Crippen LogP contribution is 2.23. The SMILES string of the molecule is CCCCCCCCCCCCCCCCCCCCCCC(O)C(=O)NC(COC1OC(CO)C(O)C(O)C1O)C(O)C(O)CCCCCCCCCCCCCCCC. The Kier molecular flexibility index (Phi) is 38.7. The number of aliphatic hydroxyl groups is 7. The summed E-state index contributed by atoms with van der Waals surface area (Å²) in [7, 11) is 0. The maximum Gasteiger partial charge on any atom is 0.249 e. The van der Waals surface area contributed by atoms with Gasteiger partial charge in [0.1, 0.15) is 36.6 Å². The van der Waals surface area contributed by atoms with Gasteiger partial charge in [0.05, 0.1) is 25.4 Å². The van der Waals surface area contributed by atoms with Crippen molar-refractivity contribution in [1.82, 2.24) is 5.32 Å². The van der Waals surface area contributed by atoms with Gasteiger partial charge in [-0.15, -0.1) is 0 Å². The molecule has 0 aromatic carbocycles. The van der Waals surface area contributed by atoms with Gasteiger partial charge >= 0.3 is 0 Å². The number of carbonyl (C=O) groups excluding carboxylic acids is 1. The van der Waals surface area contributed by atoms with Crippen LogP contribution in [0.1, 0.15) is 245 Å². The molecule has 1 saturated heterocycles. The van der Waals surface area contributed by atoms with Crippen molar-refractivity contribution in [2.75, 3.05) is 13.2 Å². The fraction of sp³-hybridized carbons (Fsp3) is 0.980. The van der Waals surface area contributed by atoms with Gasteiger partial charge in [0, 0.05) is 0 Å². The molecule has 1 heterocycles. The van der Waals surface area contributed by atoms with E-state index in [2.05, 4.69) is 19.2 Å². The number of rotatable bonds is 44. The molecule has 0 aromatic rings. The summed E-state index contributed by atoms with van der Waals surface area (Å²) in [5.41, 5.74) is 0. The van der Waals surface area contributed by atoms with Gasteiger partial charge in [-0.1, -0.05) is 232 Å². The molecule has 0 bridgehead atoms. The van der Waals surface area contributed by atoms with Crippen molar-refractivity contribution < 1.29 is 50.0 Å². The molecule has 0 spiro atoms. The molecule has 1 rings (SSSR count). The summed E-state index contributed by atoms with van der Waals surface area (Å²) in [5, 5.41) is 75.9. The lowest BCUT2D eigenvalue weighted by Gasteiger charge is -2.40. The lowest BCUT2D eigenvalue weighted by molar-refractivity contribution is -0.303. The van der Waals surface area contributed by atoms with E-state index >= 15 is 0 Å². The van der Waals surface area contributed by atoms with E-state index in [9.17, 15) is 40.5 Å². The van der Waals surface area contributed by atoms with Crippen LogP contribution in [-0.4, -0.2) is 110 Å². The quantitative estimate of drug-likeness (QED) is 0.0274. The molecule has 0 saturated carbocycles. The van der Waals surface area contributed by atoms with Crippen LogP contribution in [0.5, 0.6) is 0 Å². The molecule has 8 N–H and O–H groups in total. The Morgan fingerprint density at radius 1 is 0.508 bits per heavy atom. The van der Waals surface area contributed by atoms with E-state index in [1.807, 2.05) is 0 Å². The summed E-state index contributed by atoms with van der Waals surface area (Å²) in [5.74, 6) is -0.692. The second kappa shape index (κ2) is 40.6. The van der Waals surface area contributed by atoms with Crippen molar-refractivity contribution in [2.45, 2.75) is 300 Å². The maximum absolute atomic E-state index is 13.1. The summed E-state index contributed by atoms with van der Waals surface area (Å²) >= 11 is 0. The summed E-state index contributed by atoms with van der Waals surface area (Å²) in [6, 6.07) is -1.16. The van der Waals surface area contributed by atoms with Crippen molar-refractivity contribution in [3.63, 3.8) is 0 Å². The van der Waals surface area contributed by atoms with Crippen LogP contribution in [0.15, 0.2) is 0 Å². The van der Waals surface area contributed by atoms with Crippen LogP contribution >= 0.6 is 0 Å². The smallest absolute Gasteiger partial charge is 0.249 e. The number of ether oxygens (including phenoxy) is 2. The van der Waals surface area contributed by atoms with Crippen LogP contribution in [0, 0.1) is 0 Å². The summed E-state index contributed by atoms with van der Waals surface area (Å²) in [6.45, 7) is 3.47. The van der Waals surface area contributed by atoms with Crippen molar-refractivity contribution in [2.24, 2.45) is 0 Å². The minimum Gasteiger partial charge on any atom is -0.394 e. The standard InChI is InChI=1S/C50H99NO10/c1-3-5-7-9-11-13-15-17-19-20-21-22-23-24-26-28-30-32-34-36-38-43(54)49(59)51-41(40-60-50-48(58)47(57)46(56)44(39-52)61-50)45(55)42(53)37-35-33-31-29-27-25-18-16-14-12-10-8-6-4-2/h41-48,50,52-58H,3-40H2,1-2H3,(H,51,59). The van der Waals surface area contributed by atoms with E-state index < -0.39 is 74.2 Å². The molecule has 61 heavy (non-hydrogen) atoms. The topological polar surface area (TPSA) is 189 Å². The number of aliphatic hydroxyl groups excluding tert-OH is 7. The molecule has 9 atom stereocenters. The fourth-order valence-corrected chi connectivity index (χ4v) is 8.62. The number of carbonyl (C=O) groups is 1. The minimum absolute atomic E-state index is 0.267. The highest BCUT2D eigenvalue weighted by Gasteiger charge is 2.44. The largest absolute Gasteiger partial charge is 0.394 e. The third-order valence-electron chi connectivity index (χ3n) is 12.9. The number of nitrogens with one attached hydrogen (secondary N) is 1. The lowest BCUT2D eigenvalue weighted by atomic mass is 9.98. The molecule has 364 valence electrons. The number of unbranched alkanes of at least 4 members (excludes halogenated alkanes) is 32. The molecular formula is C50H99NO10. The Bertz CT molecular complexity index is 959. The Morgan fingerprint density at radius 3 is 1.21 bits per heavy atom. The summed E-state index contributed by atoms with van der Waals surface area (Å²) in [6.07, 6.45) is 31.5. The van der Waals surface area contributed by atoms with Gasteiger partial charge in [0.15, 0.2) is 6.29 Å². The lowest BCUT2D eigenvalue weighted by Crippen LogP contribution is -2.60. The Balaban J connectivity index is 2.36. The van der Waals surface area contributed by atoms with Gasteiger partial charge in [-0.3, -0.25) is 4.79 Å². The van der Waals surface area contributed by atoms with E-state index in [-0.39, 0.29) is 6.42 Å². The van der Waals surface area contributed by atoms with Crippen LogP contribution in [-0.2, 0) is 14.3 Å². The van der Waals surface area contributed by atoms with Crippen LogP contribution in [0.25, 0.3) is 0 Å². The highest BCUT2D eigenvalue weighted by molar-refractivity contribution is 5.80. The molecule has 9 unspecified atom stereocenters. The van der Waals surface area contributed by atoms with E-state index in [0.717, 1.165) is 38.5 Å². The first-order chi connectivity index (χ1) is 29.7. The summed E-state index contributed by atoms with van der Waals surface area (Å²) in [4.78, 5) is 13.1. The monoisotopic (exact) mass is 874 g/mol. The minimum atomic E-state index is -1.66. The van der Waals surface area contributed by atoms with Crippen LogP contribution in [0.4, 0.5) is 0 Å². The maximum atomic E-state index is 13.1. The van der Waals surface area contributed by atoms with Crippen molar-refractivity contribution in [3.8, 4) is 0 Å². The van der Waals surface area contributed by atoms with Gasteiger partial charge in [-0.2, -0.15) is 0 Å². The average molecular weight is 874 g/mol. The van der Waals surface area contributed by atoms with Crippen molar-refractivity contribution >= 4 is 5.91 Å². The number of amides is 1. The number of hydrogen-bond acceptors (Lipinski definition) is 10. The zero-order valence-corrected chi connectivity index (χ0v) is 39.4. The van der Waals surface area contributed by atoms with Crippen molar-refractivity contribution in [3.05, 3.63) is 0 Å². The van der Waals surface area contributed by atoms with Gasteiger partial charge in [-0.05, 0) is 12.8 Å². The van der Waals surface area contributed by atoms with Crippen LogP contribution < -0.4 is 5.32 Å². The molecule has 0 radical (unpaired) electrons. The van der Waals surface area contributed by atoms with E-state index in [1.165, 1.54) is 167 Å². The Morgan fingerprint density at radius 2 is 0.852 bits per heavy atom. The molecule has 0 aromatic heterocycles. The summed E-state index contributed by atoms with van der Waals surface area (Å²) < 4.78 is 11.1. The molecule has 0 aliphatic carbocycles. The first-order valence-corrected chi connectivity index (χ1v) is 25.9. The molecule has 11 nitrogen and oxygen atoms in total. The predicted molar refractivity (Wildman–Crippen MR) is 247 cm³/mol. The zero-order valence-electron chi connectivity index (χ0n) is 39.4. The first-order valence-electron chi connectivity index (χ1n) is 25.9. The van der Waals surface area contributed by atoms with Gasteiger partial charge in [0.25, 0.3) is 0 Å². The predicted octanol–water partition coefficient (Wildman–Crippen LogP) is 9.45. The van der Waals surface area contributed by atoms with Gasteiger partial charge in [-0.25, -0.2) is 0 Å². The highest BCUT2D eigenvalue weighted by atomic mass is 16.7. The molecule has 11 heteroatoms. The zero-order chi connectivity index (χ0) is 44.8. The third-order valence-corrected chi connectivity index (χ3v) is 12.9. The van der Waals surface area contributed by atoms with Crippen molar-refractivity contribution in [1.29, 1.82) is 0 Å². The third kappa shape index (κ3) is 30.0. The molecule has 1 fully saturated rings. The van der Waals surface area contributed by atoms with Crippen LogP contribution in [0.2, 0.25) is 0 Å². The van der Waals surface area contributed by atoms with E-state index in [4.69, 9.17) is 9.47 Å². The first kappa shape index (κ1) is 58.1. The van der Waals surface area contributed by atoms with Gasteiger partial charge < -0.3 is 50.5 Å². The fourth-order valence-electron chi connectivity index (χ4n) is 8.62. The molecular weight excluding hydrogens is 775 g/mol. The van der Waals surface area contributed by atoms with E-state index in [1.54, 1.807) is 0 Å². The molecule has 1 amide bonds. The Hall–Kier alpha value is -0.890.